The normalized spacial score (nSPS) is 53.1. The standard InChI is InChI=1S/C13H25NO10/c1-13(11(21)10(20)8(18)5(3-16)23-13)24-12-6(14)9(19)7(17)4(2-15)22-12/h4-12,15-21H,2-3,14H2,1H3/t4-,5?,6?,7?,8-,9?,10?,11?,12-,13-/m1/s1. The van der Waals surface area contributed by atoms with Gasteiger partial charge in [-0.1, -0.05) is 0 Å². The summed E-state index contributed by atoms with van der Waals surface area (Å²) in [4.78, 5) is 0. The third-order valence-corrected chi connectivity index (χ3v) is 4.44. The third kappa shape index (κ3) is 3.43. The van der Waals surface area contributed by atoms with Crippen LogP contribution in [0.4, 0.5) is 0 Å². The van der Waals surface area contributed by atoms with E-state index in [1.807, 2.05) is 0 Å². The van der Waals surface area contributed by atoms with Gasteiger partial charge in [-0.25, -0.2) is 0 Å². The fourth-order valence-corrected chi connectivity index (χ4v) is 2.84. The van der Waals surface area contributed by atoms with E-state index in [1.54, 1.807) is 0 Å². The highest BCUT2D eigenvalue weighted by molar-refractivity contribution is 4.97. The molecule has 11 heteroatoms. The molecule has 0 aliphatic carbocycles. The van der Waals surface area contributed by atoms with Gasteiger partial charge in [-0.15, -0.1) is 0 Å². The first kappa shape index (κ1) is 19.9. The molecule has 0 aromatic rings. The van der Waals surface area contributed by atoms with E-state index in [4.69, 9.17) is 19.9 Å². The average molecular weight is 355 g/mol. The second kappa shape index (κ2) is 7.43. The van der Waals surface area contributed by atoms with E-state index in [0.717, 1.165) is 0 Å². The highest BCUT2D eigenvalue weighted by Crippen LogP contribution is 2.34. The predicted molar refractivity (Wildman–Crippen MR) is 75.2 cm³/mol. The van der Waals surface area contributed by atoms with Crippen molar-refractivity contribution in [2.45, 2.75) is 67.8 Å². The molecule has 0 aromatic carbocycles. The molecule has 2 aliphatic rings. The van der Waals surface area contributed by atoms with E-state index in [1.165, 1.54) is 6.92 Å². The first-order chi connectivity index (χ1) is 11.2. The van der Waals surface area contributed by atoms with E-state index >= 15 is 0 Å². The van der Waals surface area contributed by atoms with Crippen LogP contribution in [0.3, 0.4) is 0 Å². The van der Waals surface area contributed by atoms with Crippen LogP contribution < -0.4 is 5.73 Å². The van der Waals surface area contributed by atoms with Crippen molar-refractivity contribution in [2.75, 3.05) is 13.2 Å². The van der Waals surface area contributed by atoms with Crippen LogP contribution in [0.1, 0.15) is 6.92 Å². The number of aliphatic hydroxyl groups is 7. The second-order valence-corrected chi connectivity index (χ2v) is 6.18. The zero-order chi connectivity index (χ0) is 18.2. The van der Waals surface area contributed by atoms with Crippen molar-refractivity contribution in [3.63, 3.8) is 0 Å². The zero-order valence-electron chi connectivity index (χ0n) is 13.0. The van der Waals surface area contributed by atoms with Gasteiger partial charge in [0.15, 0.2) is 12.1 Å². The molecule has 6 unspecified atom stereocenters. The minimum atomic E-state index is -1.93. The lowest BCUT2D eigenvalue weighted by Crippen LogP contribution is -2.69. The Balaban J connectivity index is 2.18. The number of aliphatic hydroxyl groups excluding tert-OH is 7. The Bertz CT molecular complexity index is 424. The van der Waals surface area contributed by atoms with Crippen LogP contribution in [-0.4, -0.2) is 110 Å². The largest absolute Gasteiger partial charge is 0.394 e. The second-order valence-electron chi connectivity index (χ2n) is 6.18. The maximum absolute atomic E-state index is 10.1. The van der Waals surface area contributed by atoms with Crippen molar-refractivity contribution in [1.82, 2.24) is 0 Å². The molecule has 24 heavy (non-hydrogen) atoms. The number of hydrogen-bond donors (Lipinski definition) is 8. The summed E-state index contributed by atoms with van der Waals surface area (Å²) in [6, 6.07) is -1.24. The van der Waals surface area contributed by atoms with E-state index in [-0.39, 0.29) is 0 Å². The minimum Gasteiger partial charge on any atom is -0.394 e. The molecule has 2 saturated heterocycles. The maximum atomic E-state index is 10.1. The van der Waals surface area contributed by atoms with Crippen LogP contribution in [0, 0.1) is 0 Å². The monoisotopic (exact) mass is 355 g/mol. The van der Waals surface area contributed by atoms with Gasteiger partial charge in [-0.2, -0.15) is 0 Å². The van der Waals surface area contributed by atoms with Crippen molar-refractivity contribution in [3.8, 4) is 0 Å². The van der Waals surface area contributed by atoms with Gasteiger partial charge in [-0.3, -0.25) is 0 Å². The van der Waals surface area contributed by atoms with E-state index in [0.29, 0.717) is 0 Å². The summed E-state index contributed by atoms with van der Waals surface area (Å²) in [6.45, 7) is -0.0372. The Morgan fingerprint density at radius 1 is 0.917 bits per heavy atom. The lowest BCUT2D eigenvalue weighted by atomic mass is 9.93. The van der Waals surface area contributed by atoms with Gasteiger partial charge in [-0.05, 0) is 6.92 Å². The molecule has 2 rings (SSSR count). The van der Waals surface area contributed by atoms with Crippen LogP contribution in [0.2, 0.25) is 0 Å². The van der Waals surface area contributed by atoms with Gasteiger partial charge in [0.1, 0.15) is 42.7 Å². The summed E-state index contributed by atoms with van der Waals surface area (Å²) in [5, 5.41) is 67.8. The predicted octanol–water partition coefficient (Wildman–Crippen LogP) is -5.04. The average Bonchev–Trinajstić information content (AvgIpc) is 2.57. The molecular formula is C13H25NO10. The fraction of sp³-hybridized carbons (Fsp3) is 1.00. The molecule has 0 aromatic heterocycles. The van der Waals surface area contributed by atoms with Crippen LogP contribution in [0.15, 0.2) is 0 Å². The molecule has 0 amide bonds. The first-order valence-electron chi connectivity index (χ1n) is 7.55. The highest BCUT2D eigenvalue weighted by atomic mass is 16.8. The van der Waals surface area contributed by atoms with Crippen LogP contribution in [0.5, 0.6) is 0 Å². The molecule has 10 atom stereocenters. The molecule has 0 spiro atoms. The summed E-state index contributed by atoms with van der Waals surface area (Å²) in [6.07, 6.45) is -11.7. The fourth-order valence-electron chi connectivity index (χ4n) is 2.84. The van der Waals surface area contributed by atoms with E-state index < -0.39 is 74.1 Å². The molecular weight excluding hydrogens is 330 g/mol. The lowest BCUT2D eigenvalue weighted by Gasteiger charge is -2.49. The van der Waals surface area contributed by atoms with Crippen molar-refractivity contribution < 1.29 is 50.0 Å². The minimum absolute atomic E-state index is 0.620. The Kier molecular flexibility index (Phi) is 6.16. The Labute approximate surface area is 137 Å². The molecule has 0 bridgehead atoms. The van der Waals surface area contributed by atoms with Gasteiger partial charge >= 0.3 is 0 Å². The molecule has 142 valence electrons. The van der Waals surface area contributed by atoms with Crippen molar-refractivity contribution >= 4 is 0 Å². The number of hydrogen-bond acceptors (Lipinski definition) is 11. The molecule has 2 fully saturated rings. The van der Waals surface area contributed by atoms with Crippen molar-refractivity contribution in [2.24, 2.45) is 5.73 Å². The SMILES string of the molecule is C[C@]1(O[C@H]2O[C@H](CO)C(O)C(O)C2N)OC(CO)[C@@H](O)C(O)C1O. The third-order valence-electron chi connectivity index (χ3n) is 4.44. The van der Waals surface area contributed by atoms with E-state index in [2.05, 4.69) is 0 Å². The molecule has 2 aliphatic heterocycles. The molecule has 0 radical (unpaired) electrons. The van der Waals surface area contributed by atoms with Crippen LogP contribution in [-0.2, 0) is 14.2 Å². The number of nitrogens with two attached hydrogens (primary N) is 1. The molecule has 11 nitrogen and oxygen atoms in total. The first-order valence-corrected chi connectivity index (χ1v) is 7.55. The highest BCUT2D eigenvalue weighted by Gasteiger charge is 2.55. The Morgan fingerprint density at radius 3 is 2.00 bits per heavy atom. The van der Waals surface area contributed by atoms with Gasteiger partial charge in [0.05, 0.1) is 19.3 Å². The summed E-state index contributed by atoms with van der Waals surface area (Å²) in [5.41, 5.74) is 5.74. The lowest BCUT2D eigenvalue weighted by molar-refractivity contribution is -0.406. The molecule has 0 saturated carbocycles. The smallest absolute Gasteiger partial charge is 0.197 e. The Hall–Kier alpha value is -0.440. The van der Waals surface area contributed by atoms with Gasteiger partial charge < -0.3 is 55.7 Å². The summed E-state index contributed by atoms with van der Waals surface area (Å²) in [7, 11) is 0. The Morgan fingerprint density at radius 2 is 1.46 bits per heavy atom. The summed E-state index contributed by atoms with van der Waals surface area (Å²) in [5.74, 6) is -1.93. The van der Waals surface area contributed by atoms with Crippen molar-refractivity contribution in [1.29, 1.82) is 0 Å². The summed E-state index contributed by atoms with van der Waals surface area (Å²) < 4.78 is 16.1. The van der Waals surface area contributed by atoms with E-state index in [9.17, 15) is 35.7 Å². The van der Waals surface area contributed by atoms with Gasteiger partial charge in [0.2, 0.25) is 0 Å². The molecule has 2 heterocycles. The van der Waals surface area contributed by atoms with Crippen LogP contribution >= 0.6 is 0 Å². The topological polar surface area (TPSA) is 195 Å². The van der Waals surface area contributed by atoms with Gasteiger partial charge in [0, 0.05) is 0 Å². The summed E-state index contributed by atoms with van der Waals surface area (Å²) >= 11 is 0. The zero-order valence-corrected chi connectivity index (χ0v) is 13.0. The van der Waals surface area contributed by atoms with Crippen molar-refractivity contribution in [3.05, 3.63) is 0 Å². The van der Waals surface area contributed by atoms with Gasteiger partial charge in [0.25, 0.3) is 0 Å². The quantitative estimate of drug-likeness (QED) is 0.240. The number of ether oxygens (including phenoxy) is 3. The number of rotatable bonds is 4. The maximum Gasteiger partial charge on any atom is 0.197 e. The van der Waals surface area contributed by atoms with Crippen LogP contribution in [0.25, 0.3) is 0 Å². The molecule has 9 N–H and O–H groups in total.